The molecule has 0 aliphatic heterocycles. The fourth-order valence-corrected chi connectivity index (χ4v) is 0.0745. The first-order chi connectivity index (χ1) is 2.81. The maximum Gasteiger partial charge on any atom is 0.0773 e. The summed E-state index contributed by atoms with van der Waals surface area (Å²) in [7, 11) is 1.57. The molecule has 0 radical (unpaired) electrons. The van der Waals surface area contributed by atoms with E-state index in [1.807, 2.05) is 0 Å². The van der Waals surface area contributed by atoms with E-state index in [0.29, 0.717) is 0 Å². The molecule has 0 aromatic carbocycles. The Balaban J connectivity index is 2.75. The highest BCUT2D eigenvalue weighted by atomic mass is 16.5. The van der Waals surface area contributed by atoms with Crippen molar-refractivity contribution in [2.75, 3.05) is 13.7 Å². The Morgan fingerprint density at radius 3 is 2.33 bits per heavy atom. The Hall–Kier alpha value is -0.0800. The van der Waals surface area contributed by atoms with Gasteiger partial charge in [0.05, 0.1) is 12.7 Å². The molecule has 0 amide bonds. The quantitative estimate of drug-likeness (QED) is 0.517. The lowest BCUT2D eigenvalue weighted by molar-refractivity contribution is 0.0623. The minimum Gasteiger partial charge on any atom is -0.394 e. The van der Waals surface area contributed by atoms with E-state index in [2.05, 4.69) is 4.74 Å². The van der Waals surface area contributed by atoms with Gasteiger partial charge in [0, 0.05) is 7.11 Å². The summed E-state index contributed by atoms with van der Waals surface area (Å²) in [5.74, 6) is 0. The topological polar surface area (TPSA) is 29.5 Å². The van der Waals surface area contributed by atoms with Crippen LogP contribution in [0.5, 0.6) is 0 Å². The van der Waals surface area contributed by atoms with Crippen LogP contribution < -0.4 is 0 Å². The van der Waals surface area contributed by atoms with E-state index in [9.17, 15) is 0 Å². The molecule has 0 aliphatic carbocycles. The van der Waals surface area contributed by atoms with Gasteiger partial charge in [-0.05, 0) is 6.92 Å². The van der Waals surface area contributed by atoms with Crippen LogP contribution in [0.4, 0.5) is 0 Å². The Labute approximate surface area is 37.7 Å². The van der Waals surface area contributed by atoms with E-state index in [0.717, 1.165) is 0 Å². The molecule has 0 bridgehead atoms. The summed E-state index contributed by atoms with van der Waals surface area (Å²) < 4.78 is 4.65. The van der Waals surface area contributed by atoms with Crippen LogP contribution in [0.15, 0.2) is 0 Å². The van der Waals surface area contributed by atoms with Crippen LogP contribution >= 0.6 is 0 Å². The van der Waals surface area contributed by atoms with Crippen LogP contribution in [-0.4, -0.2) is 24.9 Å². The molecule has 0 aliphatic rings. The fourth-order valence-electron chi connectivity index (χ4n) is 0.0745. The van der Waals surface area contributed by atoms with Crippen molar-refractivity contribution in [3.8, 4) is 0 Å². The van der Waals surface area contributed by atoms with Gasteiger partial charge in [0.15, 0.2) is 0 Å². The van der Waals surface area contributed by atoms with E-state index in [1.54, 1.807) is 14.0 Å². The standard InChI is InChI=1S/C4H10O2/c1-4(3-5)6-2/h4-5H,3H2,1-2H3. The smallest absolute Gasteiger partial charge is 0.0773 e. The van der Waals surface area contributed by atoms with Crippen LogP contribution in [0.1, 0.15) is 6.92 Å². The molecule has 2 nitrogen and oxygen atoms in total. The lowest BCUT2D eigenvalue weighted by atomic mass is 10.4. The van der Waals surface area contributed by atoms with Crippen LogP contribution in [-0.2, 0) is 4.74 Å². The van der Waals surface area contributed by atoms with Gasteiger partial charge in [-0.25, -0.2) is 0 Å². The van der Waals surface area contributed by atoms with Crippen molar-refractivity contribution in [1.29, 1.82) is 0 Å². The monoisotopic (exact) mass is 90.1 g/mol. The third-order valence-electron chi connectivity index (χ3n) is 0.659. The molecular weight excluding hydrogens is 80.0 g/mol. The van der Waals surface area contributed by atoms with Crippen molar-refractivity contribution < 1.29 is 9.84 Å². The molecule has 0 saturated heterocycles. The van der Waals surface area contributed by atoms with Crippen molar-refractivity contribution in [1.82, 2.24) is 0 Å². The first-order valence-electron chi connectivity index (χ1n) is 1.95. The van der Waals surface area contributed by atoms with Gasteiger partial charge in [-0.2, -0.15) is 0 Å². The molecule has 0 saturated carbocycles. The minimum atomic E-state index is -0.00926. The maximum atomic E-state index is 8.21. The van der Waals surface area contributed by atoms with Gasteiger partial charge in [-0.15, -0.1) is 0 Å². The van der Waals surface area contributed by atoms with Gasteiger partial charge >= 0.3 is 0 Å². The van der Waals surface area contributed by atoms with Crippen LogP contribution in [0.25, 0.3) is 0 Å². The third kappa shape index (κ3) is 2.18. The van der Waals surface area contributed by atoms with Crippen molar-refractivity contribution in [3.63, 3.8) is 0 Å². The normalized spacial score (nSPS) is 14.5. The molecule has 0 aromatic heterocycles. The van der Waals surface area contributed by atoms with Crippen molar-refractivity contribution in [2.24, 2.45) is 0 Å². The number of ether oxygens (including phenoxy) is 1. The molecule has 1 atom stereocenters. The largest absolute Gasteiger partial charge is 0.394 e. The molecule has 0 rings (SSSR count). The Morgan fingerprint density at radius 2 is 2.33 bits per heavy atom. The van der Waals surface area contributed by atoms with E-state index >= 15 is 0 Å². The number of aliphatic hydroxyl groups is 1. The zero-order valence-corrected chi connectivity index (χ0v) is 4.14. The Morgan fingerprint density at radius 1 is 1.83 bits per heavy atom. The summed E-state index contributed by atoms with van der Waals surface area (Å²) in [6, 6.07) is 0. The van der Waals surface area contributed by atoms with Crippen molar-refractivity contribution >= 4 is 0 Å². The van der Waals surface area contributed by atoms with Gasteiger partial charge < -0.3 is 9.84 Å². The molecule has 0 heterocycles. The predicted octanol–water partition coefficient (Wildman–Crippen LogP) is 0.0136. The summed E-state index contributed by atoms with van der Waals surface area (Å²) in [6.07, 6.45) is -0.00926. The average Bonchev–Trinajstić information content (AvgIpc) is 1.65. The van der Waals surface area contributed by atoms with Gasteiger partial charge in [-0.1, -0.05) is 0 Å². The summed E-state index contributed by atoms with van der Waals surface area (Å²) in [5, 5.41) is 8.21. The van der Waals surface area contributed by atoms with Crippen molar-refractivity contribution in [2.45, 2.75) is 13.0 Å². The molecule has 0 aromatic rings. The SMILES string of the molecule is COC(C)CO. The van der Waals surface area contributed by atoms with Crippen molar-refractivity contribution in [3.05, 3.63) is 0 Å². The zero-order chi connectivity index (χ0) is 4.99. The molecule has 1 unspecified atom stereocenters. The lowest BCUT2D eigenvalue weighted by Gasteiger charge is -2.00. The summed E-state index contributed by atoms with van der Waals surface area (Å²) in [5.41, 5.74) is 0. The van der Waals surface area contributed by atoms with Gasteiger partial charge in [-0.3, -0.25) is 0 Å². The highest BCUT2D eigenvalue weighted by Gasteiger charge is 1.90. The number of methoxy groups -OCH3 is 1. The zero-order valence-electron chi connectivity index (χ0n) is 4.14. The highest BCUT2D eigenvalue weighted by molar-refractivity contribution is 4.38. The molecule has 6 heavy (non-hydrogen) atoms. The average molecular weight is 90.1 g/mol. The number of hydrogen-bond donors (Lipinski definition) is 1. The molecule has 0 fully saturated rings. The minimum absolute atomic E-state index is 0.00926. The second-order valence-electron chi connectivity index (χ2n) is 1.23. The van der Waals surface area contributed by atoms with Crippen LogP contribution in [0.3, 0.4) is 0 Å². The number of hydrogen-bond acceptors (Lipinski definition) is 2. The highest BCUT2D eigenvalue weighted by Crippen LogP contribution is 1.80. The van der Waals surface area contributed by atoms with E-state index in [4.69, 9.17) is 5.11 Å². The first-order valence-corrected chi connectivity index (χ1v) is 1.95. The van der Waals surface area contributed by atoms with Gasteiger partial charge in [0.1, 0.15) is 0 Å². The van der Waals surface area contributed by atoms with Gasteiger partial charge in [0.2, 0.25) is 0 Å². The van der Waals surface area contributed by atoms with Gasteiger partial charge in [0.25, 0.3) is 0 Å². The van der Waals surface area contributed by atoms with E-state index in [1.165, 1.54) is 0 Å². The number of rotatable bonds is 2. The Bertz CT molecular complexity index is 24.7. The molecular formula is C4H10O2. The first kappa shape index (κ1) is 5.92. The number of aliphatic hydroxyl groups excluding tert-OH is 1. The molecule has 2 heteroatoms. The lowest BCUT2D eigenvalue weighted by Crippen LogP contribution is -2.08. The molecule has 0 spiro atoms. The van der Waals surface area contributed by atoms with E-state index < -0.39 is 0 Å². The van der Waals surface area contributed by atoms with Crippen LogP contribution in [0.2, 0.25) is 0 Å². The van der Waals surface area contributed by atoms with E-state index in [-0.39, 0.29) is 12.7 Å². The second kappa shape index (κ2) is 3.12. The molecule has 38 valence electrons. The summed E-state index contributed by atoms with van der Waals surface area (Å²) in [6.45, 7) is 1.91. The Kier molecular flexibility index (Phi) is 3.08. The summed E-state index contributed by atoms with van der Waals surface area (Å²) in [4.78, 5) is 0. The maximum absolute atomic E-state index is 8.21. The predicted molar refractivity (Wildman–Crippen MR) is 23.6 cm³/mol. The second-order valence-corrected chi connectivity index (χ2v) is 1.23. The molecule has 1 N–H and O–H groups in total. The van der Waals surface area contributed by atoms with Crippen LogP contribution in [0, 0.1) is 0 Å². The third-order valence-corrected chi connectivity index (χ3v) is 0.659. The summed E-state index contributed by atoms with van der Waals surface area (Å²) >= 11 is 0. The fraction of sp³-hybridized carbons (Fsp3) is 1.00.